The van der Waals surface area contributed by atoms with Crippen LogP contribution in [0.3, 0.4) is 0 Å². The standard InChI is InChI=1S/C17H14F3N3O2/c18-17(19,20)14-8-6-11(9-21-14)22-15(24)16(25)23-13-7-5-10-3-1-2-4-12(10)13/h1-4,6,8-9,13H,5,7H2,(H,22,24)(H,23,25). The monoisotopic (exact) mass is 349 g/mol. The number of halogens is 3. The predicted octanol–water partition coefficient (Wildman–Crippen LogP) is 2.84. The molecule has 1 aliphatic carbocycles. The topological polar surface area (TPSA) is 71.1 Å². The highest BCUT2D eigenvalue weighted by atomic mass is 19.4. The molecule has 0 bridgehead atoms. The fraction of sp³-hybridized carbons (Fsp3) is 0.235. The summed E-state index contributed by atoms with van der Waals surface area (Å²) in [5.41, 5.74) is 1.04. The van der Waals surface area contributed by atoms with Crippen LogP contribution in [-0.2, 0) is 22.2 Å². The van der Waals surface area contributed by atoms with Crippen LogP contribution in [0.25, 0.3) is 0 Å². The maximum absolute atomic E-state index is 12.4. The number of hydrogen-bond acceptors (Lipinski definition) is 3. The molecule has 1 atom stereocenters. The van der Waals surface area contributed by atoms with Gasteiger partial charge in [-0.15, -0.1) is 0 Å². The molecule has 1 aliphatic rings. The number of alkyl halides is 3. The molecular formula is C17H14F3N3O2. The number of carbonyl (C=O) groups is 2. The molecule has 5 nitrogen and oxygen atoms in total. The molecule has 0 spiro atoms. The second kappa shape index (κ2) is 6.54. The van der Waals surface area contributed by atoms with Gasteiger partial charge < -0.3 is 10.6 Å². The largest absolute Gasteiger partial charge is 0.433 e. The van der Waals surface area contributed by atoms with Crippen LogP contribution in [0.15, 0.2) is 42.6 Å². The summed E-state index contributed by atoms with van der Waals surface area (Å²) < 4.78 is 37.3. The molecular weight excluding hydrogens is 335 g/mol. The lowest BCUT2D eigenvalue weighted by molar-refractivity contribution is -0.141. The van der Waals surface area contributed by atoms with E-state index in [1.54, 1.807) is 0 Å². The van der Waals surface area contributed by atoms with E-state index in [1.165, 1.54) is 0 Å². The molecule has 130 valence electrons. The van der Waals surface area contributed by atoms with E-state index in [2.05, 4.69) is 15.6 Å². The smallest absolute Gasteiger partial charge is 0.341 e. The minimum Gasteiger partial charge on any atom is -0.341 e. The maximum Gasteiger partial charge on any atom is 0.433 e. The summed E-state index contributed by atoms with van der Waals surface area (Å²) in [6, 6.07) is 9.16. The average molecular weight is 349 g/mol. The van der Waals surface area contributed by atoms with E-state index >= 15 is 0 Å². The van der Waals surface area contributed by atoms with E-state index < -0.39 is 23.7 Å². The van der Waals surface area contributed by atoms with Gasteiger partial charge in [-0.2, -0.15) is 13.2 Å². The van der Waals surface area contributed by atoms with E-state index in [9.17, 15) is 22.8 Å². The number of benzene rings is 1. The minimum atomic E-state index is -4.56. The third kappa shape index (κ3) is 3.78. The maximum atomic E-state index is 12.4. The highest BCUT2D eigenvalue weighted by Gasteiger charge is 2.32. The molecule has 0 saturated heterocycles. The fourth-order valence-electron chi connectivity index (χ4n) is 2.75. The molecule has 25 heavy (non-hydrogen) atoms. The first-order valence-electron chi connectivity index (χ1n) is 7.57. The highest BCUT2D eigenvalue weighted by Crippen LogP contribution is 2.30. The molecule has 0 radical (unpaired) electrons. The normalized spacial score (nSPS) is 16.2. The van der Waals surface area contributed by atoms with Crippen molar-refractivity contribution < 1.29 is 22.8 Å². The summed E-state index contributed by atoms with van der Waals surface area (Å²) >= 11 is 0. The summed E-state index contributed by atoms with van der Waals surface area (Å²) in [6.07, 6.45) is -2.19. The second-order valence-electron chi connectivity index (χ2n) is 5.65. The van der Waals surface area contributed by atoms with Crippen LogP contribution < -0.4 is 10.6 Å². The Morgan fingerprint density at radius 1 is 1.08 bits per heavy atom. The average Bonchev–Trinajstić information content (AvgIpc) is 2.97. The first kappa shape index (κ1) is 16.9. The molecule has 2 aromatic rings. The summed E-state index contributed by atoms with van der Waals surface area (Å²) in [7, 11) is 0. The molecule has 1 aromatic carbocycles. The number of pyridine rings is 1. The van der Waals surface area contributed by atoms with E-state index in [1.807, 2.05) is 24.3 Å². The molecule has 8 heteroatoms. The first-order chi connectivity index (χ1) is 11.8. The van der Waals surface area contributed by atoms with E-state index in [0.29, 0.717) is 6.42 Å². The molecule has 3 rings (SSSR count). The van der Waals surface area contributed by atoms with Crippen molar-refractivity contribution in [1.82, 2.24) is 10.3 Å². The van der Waals surface area contributed by atoms with Gasteiger partial charge in [0.15, 0.2) is 0 Å². The van der Waals surface area contributed by atoms with Gasteiger partial charge >= 0.3 is 18.0 Å². The molecule has 0 fully saturated rings. The molecule has 1 aromatic heterocycles. The Bertz CT molecular complexity index is 804. The Kier molecular flexibility index (Phi) is 4.43. The molecule has 0 saturated carbocycles. The van der Waals surface area contributed by atoms with Gasteiger partial charge in [0.2, 0.25) is 0 Å². The van der Waals surface area contributed by atoms with E-state index in [4.69, 9.17) is 0 Å². The van der Waals surface area contributed by atoms with Crippen molar-refractivity contribution in [2.75, 3.05) is 5.32 Å². The van der Waals surface area contributed by atoms with Crippen LogP contribution in [0.1, 0.15) is 29.3 Å². The van der Waals surface area contributed by atoms with Gasteiger partial charge in [-0.25, -0.2) is 4.98 Å². The Labute approximate surface area is 141 Å². The minimum absolute atomic E-state index is 0.0139. The molecule has 2 N–H and O–H groups in total. The van der Waals surface area contributed by atoms with Crippen molar-refractivity contribution >= 4 is 17.5 Å². The Balaban J connectivity index is 1.61. The fourth-order valence-corrected chi connectivity index (χ4v) is 2.75. The zero-order chi connectivity index (χ0) is 18.0. The van der Waals surface area contributed by atoms with Crippen LogP contribution in [0.2, 0.25) is 0 Å². The van der Waals surface area contributed by atoms with Crippen molar-refractivity contribution in [2.45, 2.75) is 25.1 Å². The number of rotatable bonds is 2. The number of nitrogens with one attached hydrogen (secondary N) is 2. The molecule has 1 unspecified atom stereocenters. The lowest BCUT2D eigenvalue weighted by Crippen LogP contribution is -2.37. The van der Waals surface area contributed by atoms with E-state index in [-0.39, 0.29) is 11.7 Å². The third-order valence-corrected chi connectivity index (χ3v) is 3.96. The van der Waals surface area contributed by atoms with Crippen molar-refractivity contribution in [2.24, 2.45) is 0 Å². The molecule has 2 amide bonds. The van der Waals surface area contributed by atoms with Gasteiger partial charge in [-0.05, 0) is 36.1 Å². The summed E-state index contributed by atoms with van der Waals surface area (Å²) in [5.74, 6) is -1.80. The van der Waals surface area contributed by atoms with Gasteiger partial charge in [-0.3, -0.25) is 9.59 Å². The number of aromatic nitrogens is 1. The summed E-state index contributed by atoms with van der Waals surface area (Å²) in [5, 5.41) is 4.88. The van der Waals surface area contributed by atoms with Gasteiger partial charge in [0.05, 0.1) is 17.9 Å². The molecule has 0 aliphatic heterocycles. The number of fused-ring (bicyclic) bond motifs is 1. The van der Waals surface area contributed by atoms with Gasteiger partial charge in [0.25, 0.3) is 0 Å². The predicted molar refractivity (Wildman–Crippen MR) is 83.5 cm³/mol. The number of anilines is 1. The number of hydrogen-bond donors (Lipinski definition) is 2. The van der Waals surface area contributed by atoms with Crippen LogP contribution in [0, 0.1) is 0 Å². The lowest BCUT2D eigenvalue weighted by Gasteiger charge is -2.14. The summed E-state index contributed by atoms with van der Waals surface area (Å²) in [4.78, 5) is 27.2. The molecule has 1 heterocycles. The van der Waals surface area contributed by atoms with Crippen LogP contribution in [0.4, 0.5) is 18.9 Å². The van der Waals surface area contributed by atoms with E-state index in [0.717, 1.165) is 35.9 Å². The quantitative estimate of drug-likeness (QED) is 0.819. The zero-order valence-corrected chi connectivity index (χ0v) is 12.9. The van der Waals surface area contributed by atoms with Crippen LogP contribution >= 0.6 is 0 Å². The Morgan fingerprint density at radius 2 is 1.84 bits per heavy atom. The SMILES string of the molecule is O=C(Nc1ccc(C(F)(F)F)nc1)C(=O)NC1CCc2ccccc21. The van der Waals surface area contributed by atoms with Gasteiger partial charge in [0, 0.05) is 0 Å². The van der Waals surface area contributed by atoms with Crippen molar-refractivity contribution in [3.05, 3.63) is 59.4 Å². The highest BCUT2D eigenvalue weighted by molar-refractivity contribution is 6.39. The van der Waals surface area contributed by atoms with Crippen molar-refractivity contribution in [3.63, 3.8) is 0 Å². The van der Waals surface area contributed by atoms with Gasteiger partial charge in [0.1, 0.15) is 5.69 Å². The Morgan fingerprint density at radius 3 is 2.52 bits per heavy atom. The number of aryl methyl sites for hydroxylation is 1. The van der Waals surface area contributed by atoms with Crippen LogP contribution in [0.5, 0.6) is 0 Å². The Hall–Kier alpha value is -2.90. The zero-order valence-electron chi connectivity index (χ0n) is 12.9. The van der Waals surface area contributed by atoms with Crippen molar-refractivity contribution in [1.29, 1.82) is 0 Å². The third-order valence-electron chi connectivity index (χ3n) is 3.96. The number of amides is 2. The second-order valence-corrected chi connectivity index (χ2v) is 5.65. The van der Waals surface area contributed by atoms with Gasteiger partial charge in [-0.1, -0.05) is 24.3 Å². The number of nitrogens with zero attached hydrogens (tertiary/aromatic N) is 1. The summed E-state index contributed by atoms with van der Waals surface area (Å²) in [6.45, 7) is 0. The van der Waals surface area contributed by atoms with Crippen molar-refractivity contribution in [3.8, 4) is 0 Å². The lowest BCUT2D eigenvalue weighted by atomic mass is 10.1. The number of carbonyl (C=O) groups excluding carboxylic acids is 2. The van der Waals surface area contributed by atoms with Crippen LogP contribution in [-0.4, -0.2) is 16.8 Å². The first-order valence-corrected chi connectivity index (χ1v) is 7.57.